The molecule has 16 heavy (non-hydrogen) atoms. The number of amides is 1. The van der Waals surface area contributed by atoms with Crippen LogP contribution < -0.4 is 10.6 Å². The number of thiazole rings is 1. The van der Waals surface area contributed by atoms with Crippen LogP contribution in [0.2, 0.25) is 0 Å². The Kier molecular flexibility index (Phi) is 3.56. The number of aromatic nitrogens is 1. The zero-order chi connectivity index (χ0) is 11.4. The van der Waals surface area contributed by atoms with Gasteiger partial charge in [0.25, 0.3) is 5.91 Å². The largest absolute Gasteiger partial charge is 0.351 e. The first-order valence-electron chi connectivity index (χ1n) is 5.57. The summed E-state index contributed by atoms with van der Waals surface area (Å²) in [5.74, 6) is -0.00528. The number of carbonyl (C=O) groups is 1. The maximum absolute atomic E-state index is 11.7. The Labute approximate surface area is 99.5 Å². The van der Waals surface area contributed by atoms with Gasteiger partial charge in [-0.1, -0.05) is 6.92 Å². The number of hydrogen-bond donors (Lipinski definition) is 2. The molecule has 0 saturated carbocycles. The van der Waals surface area contributed by atoms with Crippen LogP contribution in [0.3, 0.4) is 0 Å². The van der Waals surface area contributed by atoms with Gasteiger partial charge >= 0.3 is 0 Å². The Morgan fingerprint density at radius 3 is 3.25 bits per heavy atom. The van der Waals surface area contributed by atoms with Gasteiger partial charge in [-0.15, -0.1) is 11.3 Å². The highest BCUT2D eigenvalue weighted by Gasteiger charge is 2.27. The molecule has 2 rings (SSSR count). The first kappa shape index (κ1) is 11.5. The van der Waals surface area contributed by atoms with Crippen molar-refractivity contribution in [2.45, 2.75) is 19.8 Å². The second-order valence-corrected chi connectivity index (χ2v) is 5.53. The van der Waals surface area contributed by atoms with Gasteiger partial charge in [0.05, 0.1) is 11.7 Å². The number of rotatable bonds is 3. The molecule has 0 bridgehead atoms. The summed E-state index contributed by atoms with van der Waals surface area (Å²) < 4.78 is 0. The van der Waals surface area contributed by atoms with E-state index in [-0.39, 0.29) is 11.3 Å². The summed E-state index contributed by atoms with van der Waals surface area (Å²) in [5.41, 5.74) is 1.87. The highest BCUT2D eigenvalue weighted by atomic mass is 32.1. The van der Waals surface area contributed by atoms with Gasteiger partial charge < -0.3 is 10.6 Å². The molecule has 0 aromatic carbocycles. The number of hydrogen-bond acceptors (Lipinski definition) is 4. The molecule has 1 aliphatic heterocycles. The molecule has 1 fully saturated rings. The van der Waals surface area contributed by atoms with Crippen LogP contribution in [0.5, 0.6) is 0 Å². The van der Waals surface area contributed by atoms with Crippen molar-refractivity contribution in [1.82, 2.24) is 15.6 Å². The molecule has 1 saturated heterocycles. The zero-order valence-electron chi connectivity index (χ0n) is 9.45. The lowest BCUT2D eigenvalue weighted by Crippen LogP contribution is -2.45. The van der Waals surface area contributed by atoms with Gasteiger partial charge in [0.15, 0.2) is 0 Å². The molecular formula is C11H17N3OS. The fourth-order valence-corrected chi connectivity index (χ4v) is 2.51. The number of nitrogens with one attached hydrogen (secondary N) is 2. The molecule has 88 valence electrons. The number of piperidine rings is 1. The zero-order valence-corrected chi connectivity index (χ0v) is 10.3. The smallest absolute Gasteiger partial charge is 0.263 e. The second kappa shape index (κ2) is 4.93. The first-order chi connectivity index (χ1) is 7.70. The van der Waals surface area contributed by atoms with Gasteiger partial charge in [-0.2, -0.15) is 0 Å². The predicted octanol–water partition coefficient (Wildman–Crippen LogP) is 1.26. The fraction of sp³-hybridized carbons (Fsp3) is 0.636. The minimum atomic E-state index is -0.00528. The number of nitrogens with zero attached hydrogens (tertiary/aromatic N) is 1. The second-order valence-electron chi connectivity index (χ2n) is 4.64. The van der Waals surface area contributed by atoms with E-state index in [4.69, 9.17) is 0 Å². The van der Waals surface area contributed by atoms with Crippen LogP contribution in [0.25, 0.3) is 0 Å². The summed E-state index contributed by atoms with van der Waals surface area (Å²) >= 11 is 1.38. The van der Waals surface area contributed by atoms with Gasteiger partial charge in [0.2, 0.25) is 0 Å². The molecule has 1 atom stereocenters. The summed E-state index contributed by atoms with van der Waals surface area (Å²) in [5, 5.41) is 6.36. The molecule has 1 unspecified atom stereocenters. The molecule has 2 heterocycles. The lowest BCUT2D eigenvalue weighted by Gasteiger charge is -2.34. The van der Waals surface area contributed by atoms with E-state index < -0.39 is 0 Å². The van der Waals surface area contributed by atoms with Gasteiger partial charge in [-0.25, -0.2) is 0 Å². The van der Waals surface area contributed by atoms with Crippen molar-refractivity contribution in [2.24, 2.45) is 5.41 Å². The molecule has 1 aromatic heterocycles. The van der Waals surface area contributed by atoms with E-state index in [0.717, 1.165) is 19.6 Å². The molecule has 0 radical (unpaired) electrons. The van der Waals surface area contributed by atoms with Crippen LogP contribution in [0.15, 0.2) is 11.7 Å². The van der Waals surface area contributed by atoms with E-state index in [1.54, 1.807) is 11.7 Å². The summed E-state index contributed by atoms with van der Waals surface area (Å²) in [4.78, 5) is 16.3. The van der Waals surface area contributed by atoms with E-state index >= 15 is 0 Å². The molecule has 1 aliphatic rings. The van der Waals surface area contributed by atoms with Crippen molar-refractivity contribution in [1.29, 1.82) is 0 Å². The lowest BCUT2D eigenvalue weighted by molar-refractivity contribution is 0.0928. The van der Waals surface area contributed by atoms with Crippen LogP contribution in [0.1, 0.15) is 29.4 Å². The molecule has 1 aromatic rings. The van der Waals surface area contributed by atoms with E-state index in [2.05, 4.69) is 22.5 Å². The maximum atomic E-state index is 11.7. The Hall–Kier alpha value is -0.940. The fourth-order valence-electron chi connectivity index (χ4n) is 1.98. The molecule has 0 aliphatic carbocycles. The Bertz CT molecular complexity index is 344. The van der Waals surface area contributed by atoms with Crippen LogP contribution >= 0.6 is 11.3 Å². The highest BCUT2D eigenvalue weighted by Crippen LogP contribution is 2.24. The topological polar surface area (TPSA) is 54.0 Å². The number of carbonyl (C=O) groups excluding carboxylic acids is 1. The van der Waals surface area contributed by atoms with Crippen molar-refractivity contribution in [3.63, 3.8) is 0 Å². The van der Waals surface area contributed by atoms with E-state index in [0.29, 0.717) is 4.88 Å². The van der Waals surface area contributed by atoms with Crippen molar-refractivity contribution in [3.8, 4) is 0 Å². The van der Waals surface area contributed by atoms with Crippen LogP contribution in [-0.2, 0) is 0 Å². The molecule has 1 amide bonds. The maximum Gasteiger partial charge on any atom is 0.263 e. The molecular weight excluding hydrogens is 222 g/mol. The Balaban J connectivity index is 1.84. The normalized spacial score (nSPS) is 25.3. The van der Waals surface area contributed by atoms with Crippen molar-refractivity contribution in [3.05, 3.63) is 16.6 Å². The van der Waals surface area contributed by atoms with E-state index in [9.17, 15) is 4.79 Å². The quantitative estimate of drug-likeness (QED) is 0.835. The van der Waals surface area contributed by atoms with Gasteiger partial charge in [-0.05, 0) is 24.8 Å². The Morgan fingerprint density at radius 2 is 2.62 bits per heavy atom. The van der Waals surface area contributed by atoms with Crippen molar-refractivity contribution >= 4 is 17.2 Å². The third-order valence-electron chi connectivity index (χ3n) is 3.02. The first-order valence-corrected chi connectivity index (χ1v) is 6.45. The lowest BCUT2D eigenvalue weighted by atomic mass is 9.83. The summed E-state index contributed by atoms with van der Waals surface area (Å²) in [6.45, 7) is 5.02. The average molecular weight is 239 g/mol. The minimum absolute atomic E-state index is 0.00528. The summed E-state index contributed by atoms with van der Waals surface area (Å²) in [6.07, 6.45) is 3.97. The van der Waals surface area contributed by atoms with Gasteiger partial charge in [0, 0.05) is 13.1 Å². The predicted molar refractivity (Wildman–Crippen MR) is 64.7 cm³/mol. The molecule has 2 N–H and O–H groups in total. The molecule has 4 nitrogen and oxygen atoms in total. The SMILES string of the molecule is CC1(CNC(=O)c2cncs2)CCCNC1. The molecule has 0 spiro atoms. The minimum Gasteiger partial charge on any atom is -0.351 e. The van der Waals surface area contributed by atoms with Crippen LogP contribution in [0, 0.1) is 5.41 Å². The van der Waals surface area contributed by atoms with Crippen LogP contribution in [-0.4, -0.2) is 30.5 Å². The Morgan fingerprint density at radius 1 is 1.75 bits per heavy atom. The van der Waals surface area contributed by atoms with Crippen molar-refractivity contribution in [2.75, 3.05) is 19.6 Å². The van der Waals surface area contributed by atoms with Gasteiger partial charge in [-0.3, -0.25) is 9.78 Å². The third kappa shape index (κ3) is 2.80. The monoisotopic (exact) mass is 239 g/mol. The standard InChI is InChI=1S/C11H17N3OS/c1-11(3-2-4-12-6-11)7-14-10(15)9-5-13-8-16-9/h5,8,12H,2-4,6-7H2,1H3,(H,14,15). The highest BCUT2D eigenvalue weighted by molar-refractivity contribution is 7.11. The van der Waals surface area contributed by atoms with E-state index in [1.807, 2.05) is 0 Å². The average Bonchev–Trinajstić information content (AvgIpc) is 2.80. The summed E-state index contributed by atoms with van der Waals surface area (Å²) in [7, 11) is 0. The van der Waals surface area contributed by atoms with Crippen LogP contribution in [0.4, 0.5) is 0 Å². The molecule has 5 heteroatoms. The van der Waals surface area contributed by atoms with E-state index in [1.165, 1.54) is 24.2 Å². The van der Waals surface area contributed by atoms with Gasteiger partial charge in [0.1, 0.15) is 4.88 Å². The van der Waals surface area contributed by atoms with Crippen molar-refractivity contribution < 1.29 is 4.79 Å². The summed E-state index contributed by atoms with van der Waals surface area (Å²) in [6, 6.07) is 0. The third-order valence-corrected chi connectivity index (χ3v) is 3.79.